The zero-order valence-corrected chi connectivity index (χ0v) is 13.2. The van der Waals surface area contributed by atoms with Crippen molar-refractivity contribution in [2.24, 2.45) is 5.84 Å². The fourth-order valence-electron chi connectivity index (χ4n) is 2.32. The number of aryl methyl sites for hydroxylation is 2. The van der Waals surface area contributed by atoms with Crippen LogP contribution >= 0.6 is 15.9 Å². The van der Waals surface area contributed by atoms with Gasteiger partial charge in [-0.15, -0.1) is 0 Å². The molecule has 2 nitrogen and oxygen atoms in total. The Morgan fingerprint density at radius 1 is 1.20 bits per heavy atom. The van der Waals surface area contributed by atoms with E-state index in [1.807, 2.05) is 26.0 Å². The highest BCUT2D eigenvalue weighted by Gasteiger charge is 2.13. The number of hydrogen-bond donors (Lipinski definition) is 2. The molecule has 0 saturated carbocycles. The van der Waals surface area contributed by atoms with Crippen molar-refractivity contribution in [3.05, 3.63) is 68.9 Å². The summed E-state index contributed by atoms with van der Waals surface area (Å²) in [5.74, 6) is 5.47. The number of benzene rings is 2. The first-order chi connectivity index (χ1) is 9.49. The zero-order chi connectivity index (χ0) is 14.7. The predicted molar refractivity (Wildman–Crippen MR) is 83.8 cm³/mol. The summed E-state index contributed by atoms with van der Waals surface area (Å²) in [4.78, 5) is 0. The SMILES string of the molecule is Cc1cc(Br)cc(C(Cc2cc(F)ccc2C)NN)c1. The molecule has 0 fully saturated rings. The van der Waals surface area contributed by atoms with Crippen LogP contribution in [0.1, 0.15) is 28.3 Å². The minimum absolute atomic E-state index is 0.0494. The highest BCUT2D eigenvalue weighted by molar-refractivity contribution is 9.10. The third kappa shape index (κ3) is 3.66. The standard InChI is InChI=1S/C16H18BrFN2/c1-10-5-13(7-14(17)6-10)16(20-19)9-12-8-15(18)4-3-11(12)2/h3-8,16,20H,9,19H2,1-2H3. The predicted octanol–water partition coefficient (Wildman–Crippen LogP) is 3.95. The van der Waals surface area contributed by atoms with Crippen LogP contribution in [0.4, 0.5) is 4.39 Å². The normalized spacial score (nSPS) is 12.4. The Labute approximate surface area is 127 Å². The molecule has 20 heavy (non-hydrogen) atoms. The first-order valence-electron chi connectivity index (χ1n) is 6.48. The summed E-state index contributed by atoms with van der Waals surface area (Å²) in [6.45, 7) is 4.02. The van der Waals surface area contributed by atoms with Crippen molar-refractivity contribution in [1.82, 2.24) is 5.43 Å². The van der Waals surface area contributed by atoms with E-state index in [1.54, 1.807) is 12.1 Å². The molecule has 2 aromatic carbocycles. The lowest BCUT2D eigenvalue weighted by Gasteiger charge is -2.18. The van der Waals surface area contributed by atoms with Gasteiger partial charge in [-0.3, -0.25) is 11.3 Å². The van der Waals surface area contributed by atoms with Crippen molar-refractivity contribution >= 4 is 15.9 Å². The second-order valence-corrected chi connectivity index (χ2v) is 5.97. The van der Waals surface area contributed by atoms with E-state index in [0.717, 1.165) is 26.7 Å². The van der Waals surface area contributed by atoms with Gasteiger partial charge in [-0.05, 0) is 66.8 Å². The van der Waals surface area contributed by atoms with E-state index < -0.39 is 0 Å². The molecule has 106 valence electrons. The van der Waals surface area contributed by atoms with E-state index in [1.165, 1.54) is 6.07 Å². The molecular weight excluding hydrogens is 319 g/mol. The van der Waals surface area contributed by atoms with Crippen LogP contribution in [-0.2, 0) is 6.42 Å². The van der Waals surface area contributed by atoms with Gasteiger partial charge in [-0.2, -0.15) is 0 Å². The van der Waals surface area contributed by atoms with E-state index in [0.29, 0.717) is 6.42 Å². The summed E-state index contributed by atoms with van der Waals surface area (Å²) in [6, 6.07) is 11.0. The number of hydrazine groups is 1. The summed E-state index contributed by atoms with van der Waals surface area (Å²) in [7, 11) is 0. The van der Waals surface area contributed by atoms with Crippen LogP contribution in [0.5, 0.6) is 0 Å². The number of hydrogen-bond acceptors (Lipinski definition) is 2. The fraction of sp³-hybridized carbons (Fsp3) is 0.250. The quantitative estimate of drug-likeness (QED) is 0.655. The topological polar surface area (TPSA) is 38.0 Å². The van der Waals surface area contributed by atoms with Crippen molar-refractivity contribution < 1.29 is 4.39 Å². The molecule has 0 aromatic heterocycles. The van der Waals surface area contributed by atoms with E-state index in [2.05, 4.69) is 27.4 Å². The monoisotopic (exact) mass is 336 g/mol. The Bertz CT molecular complexity index is 593. The first kappa shape index (κ1) is 15.2. The maximum atomic E-state index is 13.4. The van der Waals surface area contributed by atoms with Gasteiger partial charge < -0.3 is 0 Å². The van der Waals surface area contributed by atoms with E-state index in [-0.39, 0.29) is 11.9 Å². The molecule has 2 aromatic rings. The zero-order valence-electron chi connectivity index (χ0n) is 11.6. The number of rotatable bonds is 4. The van der Waals surface area contributed by atoms with Crippen molar-refractivity contribution in [2.45, 2.75) is 26.3 Å². The number of halogens is 2. The van der Waals surface area contributed by atoms with Crippen LogP contribution in [0.15, 0.2) is 40.9 Å². The maximum Gasteiger partial charge on any atom is 0.123 e. The smallest absolute Gasteiger partial charge is 0.123 e. The maximum absolute atomic E-state index is 13.4. The van der Waals surface area contributed by atoms with E-state index in [9.17, 15) is 4.39 Å². The molecule has 0 heterocycles. The van der Waals surface area contributed by atoms with Crippen molar-refractivity contribution in [1.29, 1.82) is 0 Å². The van der Waals surface area contributed by atoms with Crippen LogP contribution in [0, 0.1) is 19.7 Å². The van der Waals surface area contributed by atoms with Crippen LogP contribution in [-0.4, -0.2) is 0 Å². The molecule has 0 bridgehead atoms. The molecule has 0 radical (unpaired) electrons. The summed E-state index contributed by atoms with van der Waals surface area (Å²) >= 11 is 3.49. The molecule has 0 saturated heterocycles. The largest absolute Gasteiger partial charge is 0.271 e. The van der Waals surface area contributed by atoms with Crippen molar-refractivity contribution in [3.63, 3.8) is 0 Å². The van der Waals surface area contributed by atoms with Gasteiger partial charge in [0.05, 0.1) is 6.04 Å². The Morgan fingerprint density at radius 3 is 2.60 bits per heavy atom. The van der Waals surface area contributed by atoms with Crippen LogP contribution in [0.25, 0.3) is 0 Å². The molecule has 0 aliphatic carbocycles. The number of nitrogens with two attached hydrogens (primary N) is 1. The molecule has 0 aliphatic heterocycles. The van der Waals surface area contributed by atoms with Gasteiger partial charge in [0, 0.05) is 4.47 Å². The Kier molecular flexibility index (Phi) is 4.91. The highest BCUT2D eigenvalue weighted by atomic mass is 79.9. The van der Waals surface area contributed by atoms with Gasteiger partial charge in [0.15, 0.2) is 0 Å². The molecule has 1 atom stereocenters. The number of nitrogens with one attached hydrogen (secondary N) is 1. The van der Waals surface area contributed by atoms with Gasteiger partial charge in [-0.25, -0.2) is 4.39 Å². The first-order valence-corrected chi connectivity index (χ1v) is 7.27. The molecule has 3 N–H and O–H groups in total. The molecule has 0 amide bonds. The third-order valence-corrected chi connectivity index (χ3v) is 3.86. The second kappa shape index (κ2) is 6.48. The van der Waals surface area contributed by atoms with Gasteiger partial charge in [-0.1, -0.05) is 28.1 Å². The van der Waals surface area contributed by atoms with Crippen molar-refractivity contribution in [3.8, 4) is 0 Å². The molecule has 2 rings (SSSR count). The second-order valence-electron chi connectivity index (χ2n) is 5.06. The lowest BCUT2D eigenvalue weighted by Crippen LogP contribution is -2.29. The average molecular weight is 337 g/mol. The molecular formula is C16H18BrFN2. The molecule has 0 aliphatic rings. The van der Waals surface area contributed by atoms with Crippen LogP contribution in [0.2, 0.25) is 0 Å². The van der Waals surface area contributed by atoms with Crippen molar-refractivity contribution in [2.75, 3.05) is 0 Å². The van der Waals surface area contributed by atoms with Crippen LogP contribution < -0.4 is 11.3 Å². The summed E-state index contributed by atoms with van der Waals surface area (Å²) in [6.07, 6.45) is 0.649. The minimum atomic E-state index is -0.216. The summed E-state index contributed by atoms with van der Waals surface area (Å²) < 4.78 is 14.4. The lowest BCUT2D eigenvalue weighted by molar-refractivity contribution is 0.547. The van der Waals surface area contributed by atoms with Gasteiger partial charge >= 0.3 is 0 Å². The molecule has 0 spiro atoms. The third-order valence-electron chi connectivity index (χ3n) is 3.40. The highest BCUT2D eigenvalue weighted by Crippen LogP contribution is 2.24. The Hall–Kier alpha value is -1.23. The Balaban J connectivity index is 2.30. The summed E-state index contributed by atoms with van der Waals surface area (Å²) in [5, 5.41) is 0. The summed E-state index contributed by atoms with van der Waals surface area (Å²) in [5.41, 5.74) is 7.10. The van der Waals surface area contributed by atoms with Gasteiger partial charge in [0.1, 0.15) is 5.82 Å². The van der Waals surface area contributed by atoms with Crippen LogP contribution in [0.3, 0.4) is 0 Å². The fourth-order valence-corrected chi connectivity index (χ4v) is 2.94. The van der Waals surface area contributed by atoms with E-state index >= 15 is 0 Å². The molecule has 1 unspecified atom stereocenters. The van der Waals surface area contributed by atoms with E-state index in [4.69, 9.17) is 5.84 Å². The van der Waals surface area contributed by atoms with Gasteiger partial charge in [0.25, 0.3) is 0 Å². The Morgan fingerprint density at radius 2 is 1.95 bits per heavy atom. The van der Waals surface area contributed by atoms with Gasteiger partial charge in [0.2, 0.25) is 0 Å². The lowest BCUT2D eigenvalue weighted by atomic mass is 9.95. The minimum Gasteiger partial charge on any atom is -0.271 e. The average Bonchev–Trinajstić information content (AvgIpc) is 2.38. The molecule has 4 heteroatoms.